The molecule has 0 spiro atoms. The Morgan fingerprint density at radius 1 is 0.846 bits per heavy atom. The van der Waals surface area contributed by atoms with Crippen LogP contribution in [0.15, 0.2) is 83.9 Å². The summed E-state index contributed by atoms with van der Waals surface area (Å²) in [6.07, 6.45) is -1.39. The predicted octanol–water partition coefficient (Wildman–Crippen LogP) is 5.99. The third-order valence-electron chi connectivity index (χ3n) is 3.62. The summed E-state index contributed by atoms with van der Waals surface area (Å²) in [6.45, 7) is 0.416. The molecule has 0 saturated heterocycles. The molecule has 0 aliphatic rings. The highest BCUT2D eigenvalue weighted by atomic mass is 35.8. The van der Waals surface area contributed by atoms with Gasteiger partial charge in [0.05, 0.1) is 29.8 Å². The van der Waals surface area contributed by atoms with Crippen LogP contribution in [0.3, 0.4) is 0 Å². The number of rotatable bonds is 6. The molecule has 0 N–H and O–H groups in total. The number of aromatic nitrogens is 1. The number of aliphatic imine (C=N–C) groups is 1. The summed E-state index contributed by atoms with van der Waals surface area (Å²) in [5, 5.41) is 0. The van der Waals surface area contributed by atoms with E-state index in [0.29, 0.717) is 6.54 Å². The van der Waals surface area contributed by atoms with Gasteiger partial charge in [-0.1, -0.05) is 42.5 Å². The Hall–Kier alpha value is -1.85. The number of hydrogen-bond acceptors (Lipinski definition) is 3. The minimum Gasteiger partial charge on any atom is -0.356 e. The van der Waals surface area contributed by atoms with Crippen LogP contribution in [0.25, 0.3) is 0 Å². The Kier molecular flexibility index (Phi) is 6.32. The van der Waals surface area contributed by atoms with E-state index in [4.69, 9.17) is 33.2 Å². The molecular weight excluding hydrogens is 405 g/mol. The van der Waals surface area contributed by atoms with E-state index in [9.17, 15) is 0 Å². The van der Waals surface area contributed by atoms with Gasteiger partial charge in [0.25, 0.3) is 0 Å². The highest BCUT2D eigenvalue weighted by Crippen LogP contribution is 2.31. The average molecular weight is 421 g/mol. The molecule has 0 saturated carbocycles. The van der Waals surface area contributed by atoms with Gasteiger partial charge in [0.1, 0.15) is 0 Å². The SMILES string of the molecule is Cl[Si](Cl)(Cl)N(Cc1cccc(C=Nc2ccccc2)n1)c1ccccc1. The molecule has 0 amide bonds. The summed E-state index contributed by atoms with van der Waals surface area (Å²) in [4.78, 5) is 9.06. The molecule has 1 heterocycles. The van der Waals surface area contributed by atoms with Crippen molar-refractivity contribution in [2.75, 3.05) is 4.57 Å². The van der Waals surface area contributed by atoms with Crippen molar-refractivity contribution in [1.29, 1.82) is 0 Å². The van der Waals surface area contributed by atoms with E-state index in [1.165, 1.54) is 0 Å². The van der Waals surface area contributed by atoms with Crippen LogP contribution in [0, 0.1) is 0 Å². The average Bonchev–Trinajstić information content (AvgIpc) is 2.65. The van der Waals surface area contributed by atoms with E-state index in [0.717, 1.165) is 22.8 Å². The molecule has 7 heteroatoms. The monoisotopic (exact) mass is 419 g/mol. The first-order chi connectivity index (χ1) is 12.5. The van der Waals surface area contributed by atoms with Gasteiger partial charge in [-0.15, -0.1) is 33.2 Å². The van der Waals surface area contributed by atoms with Gasteiger partial charge in [-0.3, -0.25) is 4.99 Å². The Bertz CT molecular complexity index is 868. The Labute approximate surface area is 168 Å². The Balaban J connectivity index is 1.82. The van der Waals surface area contributed by atoms with E-state index in [2.05, 4.69) is 9.98 Å². The van der Waals surface area contributed by atoms with Crippen LogP contribution < -0.4 is 4.57 Å². The summed E-state index contributed by atoms with van der Waals surface area (Å²) in [6, 6.07) is 25.1. The molecule has 1 aromatic heterocycles. The molecule has 0 bridgehead atoms. The first kappa shape index (κ1) is 18.9. The molecule has 3 nitrogen and oxygen atoms in total. The van der Waals surface area contributed by atoms with E-state index < -0.39 is 6.16 Å². The largest absolute Gasteiger partial charge is 0.455 e. The highest BCUT2D eigenvalue weighted by Gasteiger charge is 2.35. The lowest BCUT2D eigenvalue weighted by atomic mass is 10.2. The number of hydrogen-bond donors (Lipinski definition) is 0. The first-order valence-electron chi connectivity index (χ1n) is 7.97. The van der Waals surface area contributed by atoms with Crippen LogP contribution in [0.5, 0.6) is 0 Å². The van der Waals surface area contributed by atoms with Gasteiger partial charge in [-0.25, -0.2) is 4.98 Å². The smallest absolute Gasteiger partial charge is 0.356 e. The zero-order chi connectivity index (χ0) is 18.4. The minimum absolute atomic E-state index is 0.416. The van der Waals surface area contributed by atoms with Gasteiger partial charge in [-0.2, -0.15) is 0 Å². The van der Waals surface area contributed by atoms with Gasteiger partial charge in [0, 0.05) is 5.69 Å². The van der Waals surface area contributed by atoms with Crippen LogP contribution in [0.4, 0.5) is 11.4 Å². The highest BCUT2D eigenvalue weighted by molar-refractivity contribution is 7.65. The van der Waals surface area contributed by atoms with Crippen molar-refractivity contribution in [3.8, 4) is 0 Å². The number of halogens is 3. The van der Waals surface area contributed by atoms with E-state index in [-0.39, 0.29) is 0 Å². The summed E-state index contributed by atoms with van der Waals surface area (Å²) >= 11 is 18.9. The molecule has 0 unspecified atom stereocenters. The van der Waals surface area contributed by atoms with Crippen LogP contribution in [0.2, 0.25) is 0 Å². The lowest BCUT2D eigenvalue weighted by molar-refractivity contribution is 0.966. The summed E-state index contributed by atoms with van der Waals surface area (Å²) in [5.74, 6) is 0. The number of nitrogens with zero attached hydrogens (tertiary/aromatic N) is 3. The number of benzene rings is 2. The summed E-state index contributed by atoms with van der Waals surface area (Å²) in [5.41, 5.74) is 3.30. The van der Waals surface area contributed by atoms with Crippen molar-refractivity contribution in [3.63, 3.8) is 0 Å². The maximum atomic E-state index is 6.31. The molecule has 0 atom stereocenters. The lowest BCUT2D eigenvalue weighted by Gasteiger charge is -2.29. The number of para-hydroxylation sites is 2. The van der Waals surface area contributed by atoms with Crippen molar-refractivity contribution >= 4 is 57.0 Å². The predicted molar refractivity (Wildman–Crippen MR) is 114 cm³/mol. The van der Waals surface area contributed by atoms with Crippen molar-refractivity contribution in [2.24, 2.45) is 4.99 Å². The van der Waals surface area contributed by atoms with E-state index in [1.54, 1.807) is 10.8 Å². The molecular formula is C19H16Cl3N3Si. The Morgan fingerprint density at radius 2 is 1.50 bits per heavy atom. The fourth-order valence-corrected chi connectivity index (χ4v) is 4.61. The third-order valence-corrected chi connectivity index (χ3v) is 6.49. The second-order valence-corrected chi connectivity index (χ2v) is 13.7. The molecule has 26 heavy (non-hydrogen) atoms. The van der Waals surface area contributed by atoms with Crippen molar-refractivity contribution in [2.45, 2.75) is 6.54 Å². The molecule has 0 aliphatic carbocycles. The van der Waals surface area contributed by atoms with Gasteiger partial charge in [0.15, 0.2) is 0 Å². The molecule has 3 rings (SSSR count). The van der Waals surface area contributed by atoms with Crippen LogP contribution in [-0.2, 0) is 6.54 Å². The molecule has 0 fully saturated rings. The first-order valence-corrected chi connectivity index (χ1v) is 12.9. The zero-order valence-electron chi connectivity index (χ0n) is 13.8. The topological polar surface area (TPSA) is 28.5 Å². The standard InChI is InChI=1S/C19H16Cl3N3Si/c20-26(21,22)25(19-12-5-2-6-13-19)15-18-11-7-10-17(24-18)14-23-16-8-3-1-4-9-16/h1-14H,15H2. The zero-order valence-corrected chi connectivity index (χ0v) is 17.0. The van der Waals surface area contributed by atoms with Gasteiger partial charge < -0.3 is 4.57 Å². The van der Waals surface area contributed by atoms with Gasteiger partial charge >= 0.3 is 6.16 Å². The molecule has 0 radical (unpaired) electrons. The van der Waals surface area contributed by atoms with Gasteiger partial charge in [-0.05, 0) is 36.4 Å². The van der Waals surface area contributed by atoms with Crippen molar-refractivity contribution in [1.82, 2.24) is 4.98 Å². The maximum Gasteiger partial charge on any atom is 0.455 e. The van der Waals surface area contributed by atoms with Crippen LogP contribution >= 0.6 is 33.2 Å². The molecule has 2 aromatic carbocycles. The van der Waals surface area contributed by atoms with Crippen LogP contribution in [0.1, 0.15) is 11.4 Å². The summed E-state index contributed by atoms with van der Waals surface area (Å²) < 4.78 is 1.80. The van der Waals surface area contributed by atoms with Gasteiger partial charge in [0.2, 0.25) is 0 Å². The molecule has 3 aromatic rings. The molecule has 132 valence electrons. The Morgan fingerprint density at radius 3 is 2.15 bits per heavy atom. The number of pyridine rings is 1. The second-order valence-electron chi connectivity index (χ2n) is 5.54. The van der Waals surface area contributed by atoms with E-state index >= 15 is 0 Å². The fourth-order valence-electron chi connectivity index (χ4n) is 2.41. The third kappa shape index (κ3) is 5.32. The second kappa shape index (κ2) is 8.69. The number of anilines is 1. The fraction of sp³-hybridized carbons (Fsp3) is 0.0526. The quantitative estimate of drug-likeness (QED) is 0.278. The lowest BCUT2D eigenvalue weighted by Crippen LogP contribution is -2.40. The van der Waals surface area contributed by atoms with Crippen molar-refractivity contribution in [3.05, 3.63) is 90.3 Å². The molecule has 0 aliphatic heterocycles. The van der Waals surface area contributed by atoms with E-state index in [1.807, 2.05) is 78.9 Å². The van der Waals surface area contributed by atoms with Crippen molar-refractivity contribution < 1.29 is 0 Å². The maximum absolute atomic E-state index is 6.31. The minimum atomic E-state index is -3.12. The summed E-state index contributed by atoms with van der Waals surface area (Å²) in [7, 11) is 0. The normalized spacial score (nSPS) is 11.7. The van der Waals surface area contributed by atoms with Crippen LogP contribution in [-0.4, -0.2) is 17.4 Å².